The Morgan fingerprint density at radius 1 is 0.550 bits per heavy atom. The van der Waals surface area contributed by atoms with E-state index in [1.54, 1.807) is 9.80 Å². The number of amides is 2. The van der Waals surface area contributed by atoms with Crippen molar-refractivity contribution in [1.29, 1.82) is 0 Å². The van der Waals surface area contributed by atoms with Gasteiger partial charge in [-0.2, -0.15) is 0 Å². The van der Waals surface area contributed by atoms with Crippen molar-refractivity contribution in [3.8, 4) is 11.5 Å². The number of benzene rings is 4. The zero-order chi connectivity index (χ0) is 28.2. The van der Waals surface area contributed by atoms with Crippen LogP contribution < -0.4 is 9.47 Å². The summed E-state index contributed by atoms with van der Waals surface area (Å²) in [6.45, 7) is 5.35. The first-order valence-electron chi connectivity index (χ1n) is 13.5. The van der Waals surface area contributed by atoms with E-state index in [2.05, 4.69) is 0 Å². The molecule has 4 rings (SSSR count). The lowest BCUT2D eigenvalue weighted by Gasteiger charge is -2.28. The Morgan fingerprint density at radius 2 is 0.950 bits per heavy atom. The predicted molar refractivity (Wildman–Crippen MR) is 157 cm³/mol. The van der Waals surface area contributed by atoms with Crippen molar-refractivity contribution >= 4 is 11.8 Å². The van der Waals surface area contributed by atoms with Gasteiger partial charge in [0.1, 0.15) is 11.5 Å². The molecule has 0 aliphatic carbocycles. The molecule has 6 nitrogen and oxygen atoms in total. The minimum absolute atomic E-state index is 0.0839. The molecule has 2 amide bonds. The number of hydrogen-bond acceptors (Lipinski definition) is 4. The molecule has 0 aromatic heterocycles. The third-order valence-electron chi connectivity index (χ3n) is 6.48. The summed E-state index contributed by atoms with van der Waals surface area (Å²) in [5, 5.41) is 0. The molecule has 0 atom stereocenters. The van der Waals surface area contributed by atoms with E-state index in [-0.39, 0.29) is 25.0 Å². The normalized spacial score (nSPS) is 10.6. The highest BCUT2D eigenvalue weighted by atomic mass is 16.5. The lowest BCUT2D eigenvalue weighted by molar-refractivity contribution is -0.138. The van der Waals surface area contributed by atoms with Gasteiger partial charge < -0.3 is 19.3 Å². The number of nitrogens with zero attached hydrogens (tertiary/aromatic N) is 2. The van der Waals surface area contributed by atoms with Gasteiger partial charge in [0.05, 0.1) is 0 Å². The highest BCUT2D eigenvalue weighted by Crippen LogP contribution is 2.15. The van der Waals surface area contributed by atoms with Gasteiger partial charge in [0.25, 0.3) is 11.8 Å². The average Bonchev–Trinajstić information content (AvgIpc) is 2.97. The van der Waals surface area contributed by atoms with Crippen molar-refractivity contribution < 1.29 is 19.1 Å². The van der Waals surface area contributed by atoms with Crippen LogP contribution in [0.5, 0.6) is 11.5 Å². The molecule has 0 aliphatic rings. The molecule has 0 bridgehead atoms. The van der Waals surface area contributed by atoms with Crippen LogP contribution in [-0.4, -0.2) is 47.9 Å². The summed E-state index contributed by atoms with van der Waals surface area (Å²) < 4.78 is 11.6. The van der Waals surface area contributed by atoms with Crippen molar-refractivity contribution in [2.45, 2.75) is 26.9 Å². The number of aryl methyl sites for hydroxylation is 2. The molecule has 206 valence electrons. The third-order valence-corrected chi connectivity index (χ3v) is 6.48. The van der Waals surface area contributed by atoms with E-state index in [1.165, 1.54) is 0 Å². The molecule has 0 saturated heterocycles. The average molecular weight is 537 g/mol. The van der Waals surface area contributed by atoms with Gasteiger partial charge in [-0.05, 0) is 60.4 Å². The predicted octanol–water partition coefficient (Wildman–Crippen LogP) is 5.82. The Bertz CT molecular complexity index is 1270. The summed E-state index contributed by atoms with van der Waals surface area (Å²) in [4.78, 5) is 30.2. The number of ether oxygens (including phenoxy) is 2. The lowest BCUT2D eigenvalue weighted by atomic mass is 10.2. The van der Waals surface area contributed by atoms with Crippen LogP contribution in [-0.2, 0) is 22.7 Å². The van der Waals surface area contributed by atoms with Gasteiger partial charge in [-0.3, -0.25) is 9.59 Å². The zero-order valence-electron chi connectivity index (χ0n) is 23.2. The summed E-state index contributed by atoms with van der Waals surface area (Å²) in [5.74, 6) is 1.02. The molecule has 0 heterocycles. The van der Waals surface area contributed by atoms with E-state index < -0.39 is 0 Å². The van der Waals surface area contributed by atoms with E-state index in [0.29, 0.717) is 37.7 Å². The van der Waals surface area contributed by atoms with E-state index >= 15 is 0 Å². The molecule has 0 fully saturated rings. The van der Waals surface area contributed by atoms with E-state index in [0.717, 1.165) is 22.3 Å². The van der Waals surface area contributed by atoms with Gasteiger partial charge in [0, 0.05) is 26.2 Å². The number of carbonyl (C=O) groups excluding carboxylic acids is 2. The van der Waals surface area contributed by atoms with Crippen LogP contribution >= 0.6 is 0 Å². The maximum Gasteiger partial charge on any atom is 0.260 e. The highest BCUT2D eigenvalue weighted by Gasteiger charge is 2.20. The first-order chi connectivity index (χ1) is 19.5. The molecular formula is C34H36N2O4. The van der Waals surface area contributed by atoms with E-state index in [4.69, 9.17) is 9.47 Å². The standard InChI is InChI=1S/C34H36N2O4/c1-27-11-9-17-31(21-27)39-25-33(37)35(23-29-13-5-3-6-14-29)19-20-36(24-30-15-7-4-8-16-30)34(38)26-40-32-18-10-12-28(2)22-32/h3-18,21-22H,19-20,23-26H2,1-2H3. The molecule has 0 radical (unpaired) electrons. The second-order valence-electron chi connectivity index (χ2n) is 9.81. The fraction of sp³-hybridized carbons (Fsp3) is 0.235. The lowest BCUT2D eigenvalue weighted by Crippen LogP contribution is -2.43. The Hall–Kier alpha value is -4.58. The van der Waals surface area contributed by atoms with Crippen molar-refractivity contribution in [3.63, 3.8) is 0 Å². The first kappa shape index (κ1) is 28.4. The van der Waals surface area contributed by atoms with E-state index in [9.17, 15) is 9.59 Å². The molecule has 40 heavy (non-hydrogen) atoms. The maximum absolute atomic E-state index is 13.4. The van der Waals surface area contributed by atoms with Crippen LogP contribution in [0.3, 0.4) is 0 Å². The van der Waals surface area contributed by atoms with Crippen LogP contribution in [0.4, 0.5) is 0 Å². The Balaban J connectivity index is 1.46. The Kier molecular flexibility index (Phi) is 10.3. The molecule has 4 aromatic rings. The quantitative estimate of drug-likeness (QED) is 0.216. The molecule has 4 aromatic carbocycles. The summed E-state index contributed by atoms with van der Waals surface area (Å²) >= 11 is 0. The fourth-order valence-corrected chi connectivity index (χ4v) is 4.32. The van der Waals surface area contributed by atoms with Crippen LogP contribution in [0.2, 0.25) is 0 Å². The zero-order valence-corrected chi connectivity index (χ0v) is 23.2. The highest BCUT2D eigenvalue weighted by molar-refractivity contribution is 5.79. The number of carbonyl (C=O) groups is 2. The van der Waals surface area contributed by atoms with Gasteiger partial charge in [0.15, 0.2) is 13.2 Å². The van der Waals surface area contributed by atoms with Crippen molar-refractivity contribution in [2.24, 2.45) is 0 Å². The van der Waals surface area contributed by atoms with Gasteiger partial charge >= 0.3 is 0 Å². The molecule has 6 heteroatoms. The smallest absolute Gasteiger partial charge is 0.260 e. The van der Waals surface area contributed by atoms with Crippen LogP contribution in [0, 0.1) is 13.8 Å². The maximum atomic E-state index is 13.4. The summed E-state index contributed by atoms with van der Waals surface area (Å²) in [6, 6.07) is 35.0. The first-order valence-corrected chi connectivity index (χ1v) is 13.5. The third kappa shape index (κ3) is 9.02. The van der Waals surface area contributed by atoms with Gasteiger partial charge in [0.2, 0.25) is 0 Å². The second-order valence-corrected chi connectivity index (χ2v) is 9.81. The largest absolute Gasteiger partial charge is 0.484 e. The molecule has 0 unspecified atom stereocenters. The van der Waals surface area contributed by atoms with Crippen LogP contribution in [0.15, 0.2) is 109 Å². The molecule has 0 saturated carbocycles. The monoisotopic (exact) mass is 536 g/mol. The Morgan fingerprint density at radius 3 is 1.32 bits per heavy atom. The minimum atomic E-state index is -0.145. The van der Waals surface area contributed by atoms with Crippen LogP contribution in [0.1, 0.15) is 22.3 Å². The molecule has 0 aliphatic heterocycles. The summed E-state index contributed by atoms with van der Waals surface area (Å²) in [7, 11) is 0. The van der Waals surface area contributed by atoms with Crippen molar-refractivity contribution in [1.82, 2.24) is 9.80 Å². The number of hydrogen-bond donors (Lipinski definition) is 0. The van der Waals surface area contributed by atoms with Gasteiger partial charge in [-0.15, -0.1) is 0 Å². The summed E-state index contributed by atoms with van der Waals surface area (Å²) in [5.41, 5.74) is 4.15. The number of rotatable bonds is 13. The topological polar surface area (TPSA) is 59.1 Å². The molecule has 0 N–H and O–H groups in total. The van der Waals surface area contributed by atoms with Gasteiger partial charge in [-0.25, -0.2) is 0 Å². The molecule has 0 spiro atoms. The summed E-state index contributed by atoms with van der Waals surface area (Å²) in [6.07, 6.45) is 0. The second kappa shape index (κ2) is 14.5. The minimum Gasteiger partial charge on any atom is -0.484 e. The van der Waals surface area contributed by atoms with Crippen molar-refractivity contribution in [2.75, 3.05) is 26.3 Å². The fourth-order valence-electron chi connectivity index (χ4n) is 4.32. The SMILES string of the molecule is Cc1cccc(OCC(=O)N(CCN(Cc2ccccc2)C(=O)COc2cccc(C)c2)Cc2ccccc2)c1. The van der Waals surface area contributed by atoms with E-state index in [1.807, 2.05) is 123 Å². The molecular weight excluding hydrogens is 500 g/mol. The van der Waals surface area contributed by atoms with Crippen LogP contribution in [0.25, 0.3) is 0 Å². The van der Waals surface area contributed by atoms with Crippen molar-refractivity contribution in [3.05, 3.63) is 131 Å². The van der Waals surface area contributed by atoms with Gasteiger partial charge in [-0.1, -0.05) is 84.9 Å². The Labute approximate surface area is 236 Å².